The van der Waals surface area contributed by atoms with Crippen molar-refractivity contribution in [2.75, 3.05) is 26.2 Å². The highest BCUT2D eigenvalue weighted by Crippen LogP contribution is 2.34. The highest BCUT2D eigenvalue weighted by atomic mass is 35.5. The zero-order chi connectivity index (χ0) is 22.8. The van der Waals surface area contributed by atoms with Crippen molar-refractivity contribution in [2.45, 2.75) is 83.7 Å². The van der Waals surface area contributed by atoms with Gasteiger partial charge in [-0.3, -0.25) is 4.79 Å². The second-order valence-corrected chi connectivity index (χ2v) is 11.3. The molecule has 0 radical (unpaired) electrons. The normalized spacial score (nSPS) is 28.6. The maximum Gasteiger partial charge on any atom is 0.253 e. The van der Waals surface area contributed by atoms with Crippen LogP contribution in [0.25, 0.3) is 0 Å². The lowest BCUT2D eigenvalue weighted by Crippen LogP contribution is -2.59. The molecule has 1 N–H and O–H groups in total. The molecule has 1 aliphatic carbocycles. The Labute approximate surface area is 194 Å². The molecule has 0 aromatic carbocycles. The lowest BCUT2D eigenvalue weighted by Gasteiger charge is -2.47. The molecule has 2 fully saturated rings. The molecule has 4 nitrogen and oxygen atoms in total. The van der Waals surface area contributed by atoms with Gasteiger partial charge >= 0.3 is 0 Å². The number of carbonyl (C=O) groups is 1. The Hall–Kier alpha value is -1.26. The Kier molecular flexibility index (Phi) is 7.63. The number of piperidine rings is 1. The number of alkyl halides is 1. The fourth-order valence-electron chi connectivity index (χ4n) is 5.33. The third-order valence-corrected chi connectivity index (χ3v) is 7.99. The first-order chi connectivity index (χ1) is 14.6. The van der Waals surface area contributed by atoms with Crippen LogP contribution in [0.15, 0.2) is 35.6 Å². The van der Waals surface area contributed by atoms with Crippen LogP contribution in [0.2, 0.25) is 0 Å². The van der Waals surface area contributed by atoms with E-state index in [0.717, 1.165) is 57.4 Å². The van der Waals surface area contributed by atoms with Crippen molar-refractivity contribution in [3.63, 3.8) is 0 Å². The first-order valence-corrected chi connectivity index (χ1v) is 12.5. The molecule has 174 valence electrons. The molecule has 2 heterocycles. The predicted octanol–water partition coefficient (Wildman–Crippen LogP) is 5.11. The van der Waals surface area contributed by atoms with Crippen LogP contribution < -0.4 is 5.32 Å². The SMILES string of the molecule is C/C=C(/C)N1CC2(CCN(C(=O)C3=CC(Cl)C(CC(C)C)C=C3)CC2)NCCC1(C)C. The van der Waals surface area contributed by atoms with Gasteiger partial charge in [-0.1, -0.05) is 38.2 Å². The van der Waals surface area contributed by atoms with E-state index >= 15 is 0 Å². The minimum absolute atomic E-state index is 0.0724. The summed E-state index contributed by atoms with van der Waals surface area (Å²) in [7, 11) is 0. The van der Waals surface area contributed by atoms with Gasteiger partial charge < -0.3 is 15.1 Å². The first kappa shape index (κ1) is 24.4. The summed E-state index contributed by atoms with van der Waals surface area (Å²) in [6.45, 7) is 17.1. The van der Waals surface area contributed by atoms with Gasteiger partial charge in [-0.2, -0.15) is 0 Å². The van der Waals surface area contributed by atoms with Crippen molar-refractivity contribution in [1.29, 1.82) is 0 Å². The van der Waals surface area contributed by atoms with E-state index in [4.69, 9.17) is 11.6 Å². The molecular formula is C26H42ClN3O. The third kappa shape index (κ3) is 5.57. The largest absolute Gasteiger partial charge is 0.368 e. The van der Waals surface area contributed by atoms with Crippen LogP contribution in [0.3, 0.4) is 0 Å². The Morgan fingerprint density at radius 3 is 2.55 bits per heavy atom. The molecule has 1 amide bonds. The van der Waals surface area contributed by atoms with Crippen molar-refractivity contribution in [2.24, 2.45) is 11.8 Å². The fraction of sp³-hybridized carbons (Fsp3) is 0.731. The second-order valence-electron chi connectivity index (χ2n) is 10.8. The third-order valence-electron chi connectivity index (χ3n) is 7.54. The van der Waals surface area contributed by atoms with E-state index in [9.17, 15) is 4.79 Å². The quantitative estimate of drug-likeness (QED) is 0.608. The summed E-state index contributed by atoms with van der Waals surface area (Å²) >= 11 is 6.61. The number of hydrogen-bond donors (Lipinski definition) is 1. The van der Waals surface area contributed by atoms with Crippen molar-refractivity contribution in [1.82, 2.24) is 15.1 Å². The van der Waals surface area contributed by atoms with Crippen LogP contribution in [-0.2, 0) is 4.79 Å². The maximum absolute atomic E-state index is 13.2. The number of allylic oxidation sites excluding steroid dienone is 4. The zero-order valence-corrected chi connectivity index (χ0v) is 21.1. The van der Waals surface area contributed by atoms with Gasteiger partial charge in [0.15, 0.2) is 0 Å². The van der Waals surface area contributed by atoms with Crippen LogP contribution in [-0.4, -0.2) is 58.3 Å². The van der Waals surface area contributed by atoms with E-state index in [-0.39, 0.29) is 22.4 Å². The number of rotatable bonds is 4. The molecule has 3 rings (SSSR count). The zero-order valence-electron chi connectivity index (χ0n) is 20.4. The average Bonchev–Trinajstić information content (AvgIpc) is 2.84. The van der Waals surface area contributed by atoms with Gasteiger partial charge in [-0.15, -0.1) is 11.6 Å². The van der Waals surface area contributed by atoms with Gasteiger partial charge in [0.25, 0.3) is 5.91 Å². The summed E-state index contributed by atoms with van der Waals surface area (Å²) in [6.07, 6.45) is 12.5. The molecule has 3 aliphatic rings. The van der Waals surface area contributed by atoms with Gasteiger partial charge in [-0.05, 0) is 71.8 Å². The van der Waals surface area contributed by atoms with Crippen LogP contribution >= 0.6 is 11.6 Å². The Bertz CT molecular complexity index is 744. The topological polar surface area (TPSA) is 35.6 Å². The second kappa shape index (κ2) is 9.70. The van der Waals surface area contributed by atoms with Crippen LogP contribution in [0.5, 0.6) is 0 Å². The number of likely N-dealkylation sites (tertiary alicyclic amines) is 1. The first-order valence-electron chi connectivity index (χ1n) is 12.1. The van der Waals surface area contributed by atoms with Crippen LogP contribution in [0.4, 0.5) is 0 Å². The van der Waals surface area contributed by atoms with E-state index < -0.39 is 0 Å². The lowest BCUT2D eigenvalue weighted by atomic mass is 9.85. The Morgan fingerprint density at radius 1 is 1.29 bits per heavy atom. The molecule has 0 aromatic heterocycles. The molecule has 2 atom stereocenters. The fourth-order valence-corrected chi connectivity index (χ4v) is 5.66. The molecule has 0 bridgehead atoms. The molecule has 0 saturated carbocycles. The number of amides is 1. The average molecular weight is 448 g/mol. The van der Waals surface area contributed by atoms with Crippen LogP contribution in [0.1, 0.15) is 67.2 Å². The summed E-state index contributed by atoms with van der Waals surface area (Å²) in [5.41, 5.74) is 2.31. The minimum Gasteiger partial charge on any atom is -0.368 e. The smallest absolute Gasteiger partial charge is 0.253 e. The summed E-state index contributed by atoms with van der Waals surface area (Å²) in [5, 5.41) is 3.78. The van der Waals surface area contributed by atoms with Crippen LogP contribution in [0, 0.1) is 11.8 Å². The summed E-state index contributed by atoms with van der Waals surface area (Å²) in [4.78, 5) is 17.8. The summed E-state index contributed by atoms with van der Waals surface area (Å²) < 4.78 is 0. The highest BCUT2D eigenvalue weighted by molar-refractivity contribution is 6.22. The number of halogens is 1. The van der Waals surface area contributed by atoms with Gasteiger partial charge in [0.05, 0.1) is 5.38 Å². The van der Waals surface area contributed by atoms with Crippen molar-refractivity contribution < 1.29 is 4.79 Å². The van der Waals surface area contributed by atoms with Crippen molar-refractivity contribution >= 4 is 17.5 Å². The molecular weight excluding hydrogens is 406 g/mol. The molecule has 2 aliphatic heterocycles. The number of hydrogen-bond acceptors (Lipinski definition) is 3. The standard InChI is InChI=1S/C26H42ClN3O/c1-7-20(4)30-18-26(28-13-10-25(30,5)6)11-14-29(15-12-26)24(31)22-9-8-21(16-19(2)3)23(27)17-22/h7-9,17,19,21,23,28H,10-16,18H2,1-6H3/b20-7-. The predicted molar refractivity (Wildman–Crippen MR) is 131 cm³/mol. The maximum atomic E-state index is 13.2. The highest BCUT2D eigenvalue weighted by Gasteiger charge is 2.42. The van der Waals surface area contributed by atoms with Crippen molar-refractivity contribution in [3.05, 3.63) is 35.6 Å². The summed E-state index contributed by atoms with van der Waals surface area (Å²) in [5.74, 6) is 1.06. The summed E-state index contributed by atoms with van der Waals surface area (Å²) in [6, 6.07) is 0. The number of nitrogens with one attached hydrogen (secondary N) is 1. The number of carbonyl (C=O) groups excluding carboxylic acids is 1. The van der Waals surface area contributed by atoms with Gasteiger partial charge in [-0.25, -0.2) is 0 Å². The van der Waals surface area contributed by atoms with E-state index in [0.29, 0.717) is 11.8 Å². The number of nitrogens with zero attached hydrogens (tertiary/aromatic N) is 2. The monoisotopic (exact) mass is 447 g/mol. The minimum atomic E-state index is -0.0920. The molecule has 31 heavy (non-hydrogen) atoms. The lowest BCUT2D eigenvalue weighted by molar-refractivity contribution is -0.128. The molecule has 2 saturated heterocycles. The Morgan fingerprint density at radius 2 is 1.97 bits per heavy atom. The Balaban J connectivity index is 1.65. The molecule has 2 unspecified atom stereocenters. The van der Waals surface area contributed by atoms with E-state index in [1.54, 1.807) is 0 Å². The molecule has 5 heteroatoms. The van der Waals surface area contributed by atoms with Crippen molar-refractivity contribution in [3.8, 4) is 0 Å². The van der Waals surface area contributed by atoms with Gasteiger partial charge in [0.1, 0.15) is 0 Å². The molecule has 1 spiro atoms. The van der Waals surface area contributed by atoms with E-state index in [1.807, 2.05) is 17.1 Å². The van der Waals surface area contributed by atoms with Gasteiger partial charge in [0, 0.05) is 42.0 Å². The van der Waals surface area contributed by atoms with E-state index in [1.165, 1.54) is 5.70 Å². The van der Waals surface area contributed by atoms with Gasteiger partial charge in [0.2, 0.25) is 0 Å². The molecule has 0 aromatic rings. The van der Waals surface area contributed by atoms with E-state index in [2.05, 4.69) is 63.9 Å².